The summed E-state index contributed by atoms with van der Waals surface area (Å²) >= 11 is 0. The van der Waals surface area contributed by atoms with Gasteiger partial charge in [-0.1, -0.05) is 19.4 Å². The lowest BCUT2D eigenvalue weighted by Crippen LogP contribution is -2.60. The Kier molecular flexibility index (Phi) is 8.93. The Morgan fingerprint density at radius 2 is 1.78 bits per heavy atom. The third-order valence-electron chi connectivity index (χ3n) is 5.62. The monoisotopic (exact) mass is 384 g/mol. The predicted molar refractivity (Wildman–Crippen MR) is 108 cm³/mol. The van der Waals surface area contributed by atoms with Crippen molar-refractivity contribution in [2.24, 2.45) is 5.92 Å². The van der Waals surface area contributed by atoms with Crippen LogP contribution in [0.1, 0.15) is 66.7 Å². The van der Waals surface area contributed by atoms with Crippen LogP contribution in [-0.2, 0) is 9.53 Å². The number of rotatable bonds is 10. The Bertz CT molecular complexity index is 484. The number of piperidine rings is 1. The van der Waals surface area contributed by atoms with Crippen LogP contribution in [-0.4, -0.2) is 70.2 Å². The van der Waals surface area contributed by atoms with Crippen LogP contribution >= 0.6 is 0 Å². The van der Waals surface area contributed by atoms with E-state index in [1.807, 2.05) is 6.92 Å². The molecule has 6 nitrogen and oxygen atoms in total. The van der Waals surface area contributed by atoms with Crippen molar-refractivity contribution in [1.82, 2.24) is 9.96 Å². The number of hydrogen-bond acceptors (Lipinski definition) is 5. The van der Waals surface area contributed by atoms with Crippen LogP contribution in [0.2, 0.25) is 0 Å². The lowest BCUT2D eigenvalue weighted by Gasteiger charge is -2.51. The predicted octanol–water partition coefficient (Wildman–Crippen LogP) is 3.79. The number of carboxylic acid groups (broad SMARTS) is 1. The van der Waals surface area contributed by atoms with Gasteiger partial charge in [0.05, 0.1) is 12.7 Å². The van der Waals surface area contributed by atoms with Crippen molar-refractivity contribution >= 4 is 5.97 Å². The van der Waals surface area contributed by atoms with Gasteiger partial charge in [-0.3, -0.25) is 0 Å². The maximum absolute atomic E-state index is 10.6. The number of allylic oxidation sites excluding steroid dienone is 1. The highest BCUT2D eigenvalue weighted by Gasteiger charge is 2.45. The quantitative estimate of drug-likeness (QED) is 0.558. The van der Waals surface area contributed by atoms with Gasteiger partial charge in [0, 0.05) is 23.2 Å². The molecule has 0 aromatic rings. The molecule has 2 unspecified atom stereocenters. The van der Waals surface area contributed by atoms with Crippen molar-refractivity contribution in [3.63, 3.8) is 0 Å². The van der Waals surface area contributed by atoms with E-state index in [4.69, 9.17) is 9.84 Å². The molecule has 1 heterocycles. The fourth-order valence-electron chi connectivity index (χ4n) is 4.05. The largest absolute Gasteiger partial charge is 0.478 e. The summed E-state index contributed by atoms with van der Waals surface area (Å²) in [5.74, 6) is -0.624. The molecule has 1 saturated heterocycles. The summed E-state index contributed by atoms with van der Waals surface area (Å²) < 4.78 is 6.29. The van der Waals surface area contributed by atoms with Crippen LogP contribution in [0.4, 0.5) is 0 Å². The fourth-order valence-corrected chi connectivity index (χ4v) is 4.05. The molecule has 2 N–H and O–H groups in total. The first-order valence-electron chi connectivity index (χ1n) is 10.0. The summed E-state index contributed by atoms with van der Waals surface area (Å²) in [6.45, 7) is 10.9. The molecule has 0 aliphatic carbocycles. The van der Waals surface area contributed by atoms with Gasteiger partial charge in [-0.2, -0.15) is 5.06 Å². The van der Waals surface area contributed by atoms with Gasteiger partial charge in [0.1, 0.15) is 0 Å². The van der Waals surface area contributed by atoms with Crippen molar-refractivity contribution in [1.29, 1.82) is 0 Å². The molecule has 0 saturated carbocycles. The lowest BCUT2D eigenvalue weighted by molar-refractivity contribution is -0.261. The number of carboxylic acids is 1. The lowest BCUT2D eigenvalue weighted by atomic mass is 9.80. The molecule has 0 spiro atoms. The summed E-state index contributed by atoms with van der Waals surface area (Å²) in [6, 6.07) is 0.332. The third kappa shape index (κ3) is 7.90. The highest BCUT2D eigenvalue weighted by atomic mass is 16.5. The number of hydrogen-bond donors (Lipinski definition) is 2. The van der Waals surface area contributed by atoms with E-state index in [-0.39, 0.29) is 23.1 Å². The Balaban J connectivity index is 2.50. The maximum Gasteiger partial charge on any atom is 0.327 e. The van der Waals surface area contributed by atoms with Gasteiger partial charge < -0.3 is 20.0 Å². The van der Waals surface area contributed by atoms with Crippen LogP contribution < -0.4 is 0 Å². The Labute approximate surface area is 165 Å². The Hall–Kier alpha value is -0.950. The number of hydroxylamine groups is 2. The standard InChI is InChI=1S/C21H40N2O4/c1-16(11-12-19(24)25)9-8-10-17(22(6)7)15-27-18-13-20(2,3)23(26)21(4,5)14-18/h11-12,16-18,26H,8-10,13-15H2,1-7H3,(H,24,25)/b12-11+. The Morgan fingerprint density at radius 1 is 1.22 bits per heavy atom. The second-order valence-corrected chi connectivity index (χ2v) is 9.52. The molecule has 0 aromatic carbocycles. The summed E-state index contributed by atoms with van der Waals surface area (Å²) in [6.07, 6.45) is 7.77. The number of ether oxygens (including phenoxy) is 1. The molecule has 2 atom stereocenters. The van der Waals surface area contributed by atoms with E-state index in [0.717, 1.165) is 32.1 Å². The number of aliphatic carboxylic acids is 1. The van der Waals surface area contributed by atoms with Crippen molar-refractivity contribution in [2.75, 3.05) is 20.7 Å². The molecular formula is C21H40N2O4. The molecule has 0 bridgehead atoms. The van der Waals surface area contributed by atoms with Crippen molar-refractivity contribution < 1.29 is 19.8 Å². The van der Waals surface area contributed by atoms with Gasteiger partial charge in [0.15, 0.2) is 0 Å². The summed E-state index contributed by atoms with van der Waals surface area (Å²) in [4.78, 5) is 12.8. The minimum absolute atomic E-state index is 0.137. The van der Waals surface area contributed by atoms with Crippen LogP contribution in [0.15, 0.2) is 12.2 Å². The molecule has 1 fully saturated rings. The average Bonchev–Trinajstić information content (AvgIpc) is 2.52. The molecule has 0 aromatic heterocycles. The van der Waals surface area contributed by atoms with Gasteiger partial charge in [-0.15, -0.1) is 0 Å². The second-order valence-electron chi connectivity index (χ2n) is 9.52. The van der Waals surface area contributed by atoms with Crippen molar-refractivity contribution in [2.45, 2.75) is 89.9 Å². The van der Waals surface area contributed by atoms with E-state index in [1.54, 1.807) is 6.08 Å². The van der Waals surface area contributed by atoms with Crippen LogP contribution in [0.25, 0.3) is 0 Å². The molecule has 0 radical (unpaired) electrons. The number of carbonyl (C=O) groups is 1. The average molecular weight is 385 g/mol. The van der Waals surface area contributed by atoms with E-state index in [0.29, 0.717) is 12.6 Å². The smallest absolute Gasteiger partial charge is 0.327 e. The third-order valence-corrected chi connectivity index (χ3v) is 5.62. The minimum atomic E-state index is -0.888. The molecule has 1 aliphatic heterocycles. The molecule has 1 rings (SSSR count). The summed E-state index contributed by atoms with van der Waals surface area (Å²) in [5, 5.41) is 20.6. The van der Waals surface area contributed by atoms with Crippen molar-refractivity contribution in [3.05, 3.63) is 12.2 Å². The Morgan fingerprint density at radius 3 is 2.26 bits per heavy atom. The van der Waals surface area contributed by atoms with Gasteiger partial charge in [-0.25, -0.2) is 4.79 Å². The van der Waals surface area contributed by atoms with Gasteiger partial charge in [-0.05, 0) is 73.4 Å². The van der Waals surface area contributed by atoms with Gasteiger partial charge in [0.2, 0.25) is 0 Å². The summed E-state index contributed by atoms with van der Waals surface area (Å²) in [5.41, 5.74) is -0.599. The molecule has 1 aliphatic rings. The van der Waals surface area contributed by atoms with Crippen LogP contribution in [0.3, 0.4) is 0 Å². The molecule has 0 amide bonds. The zero-order valence-electron chi connectivity index (χ0n) is 18.2. The SMILES string of the molecule is CC(/C=C/C(=O)O)CCCC(COC1CC(C)(C)N(O)C(C)(C)C1)N(C)C. The first-order chi connectivity index (χ1) is 12.3. The fraction of sp³-hybridized carbons (Fsp3) is 0.857. The van der Waals surface area contributed by atoms with E-state index < -0.39 is 5.97 Å². The van der Waals surface area contributed by atoms with E-state index >= 15 is 0 Å². The van der Waals surface area contributed by atoms with Crippen LogP contribution in [0, 0.1) is 5.92 Å². The zero-order valence-corrected chi connectivity index (χ0v) is 18.2. The van der Waals surface area contributed by atoms with E-state index in [1.165, 1.54) is 11.1 Å². The van der Waals surface area contributed by atoms with E-state index in [9.17, 15) is 10.0 Å². The second kappa shape index (κ2) is 10.0. The molecular weight excluding hydrogens is 344 g/mol. The minimum Gasteiger partial charge on any atom is -0.478 e. The highest BCUT2D eigenvalue weighted by Crippen LogP contribution is 2.38. The molecule has 158 valence electrons. The topological polar surface area (TPSA) is 73.2 Å². The van der Waals surface area contributed by atoms with Gasteiger partial charge in [0.25, 0.3) is 0 Å². The maximum atomic E-state index is 10.6. The van der Waals surface area contributed by atoms with Crippen LogP contribution in [0.5, 0.6) is 0 Å². The molecule has 27 heavy (non-hydrogen) atoms. The van der Waals surface area contributed by atoms with Crippen molar-refractivity contribution in [3.8, 4) is 0 Å². The first-order valence-corrected chi connectivity index (χ1v) is 10.0. The number of nitrogens with zero attached hydrogens (tertiary/aromatic N) is 2. The van der Waals surface area contributed by atoms with Gasteiger partial charge >= 0.3 is 5.97 Å². The molecule has 6 heteroatoms. The van der Waals surface area contributed by atoms with E-state index in [2.05, 4.69) is 46.7 Å². The zero-order chi connectivity index (χ0) is 20.8. The highest BCUT2D eigenvalue weighted by molar-refractivity contribution is 5.79. The number of likely N-dealkylation sites (N-methyl/N-ethyl adjacent to an activating group) is 1. The first kappa shape index (κ1) is 24.1. The normalized spacial score (nSPS) is 23.0. The summed E-state index contributed by atoms with van der Waals surface area (Å²) in [7, 11) is 4.15.